The lowest BCUT2D eigenvalue weighted by atomic mass is 10.3. The van der Waals surface area contributed by atoms with Gasteiger partial charge in [0.2, 0.25) is 0 Å². The standard InChI is InChI=1S/C11H9F3N2O2S/c12-11(13,14)18-9-3-1-8(2-4-9)17-5-7-6-19-10(15)16-7/h1-4,6H,5H2,(H2,15,16). The Morgan fingerprint density at radius 1 is 1.16 bits per heavy atom. The minimum Gasteiger partial charge on any atom is -0.487 e. The van der Waals surface area contributed by atoms with E-state index in [0.717, 1.165) is 0 Å². The van der Waals surface area contributed by atoms with Crippen molar-refractivity contribution in [3.63, 3.8) is 0 Å². The topological polar surface area (TPSA) is 57.4 Å². The summed E-state index contributed by atoms with van der Waals surface area (Å²) < 4.78 is 44.9. The van der Waals surface area contributed by atoms with Crippen molar-refractivity contribution in [2.75, 3.05) is 5.73 Å². The molecule has 0 saturated heterocycles. The van der Waals surface area contributed by atoms with Gasteiger partial charge in [0.15, 0.2) is 5.13 Å². The van der Waals surface area contributed by atoms with Gasteiger partial charge >= 0.3 is 6.36 Å². The van der Waals surface area contributed by atoms with Gasteiger partial charge in [0, 0.05) is 5.38 Å². The predicted octanol–water partition coefficient (Wildman–Crippen LogP) is 3.20. The molecule has 0 aliphatic heterocycles. The van der Waals surface area contributed by atoms with Gasteiger partial charge in [-0.2, -0.15) is 0 Å². The van der Waals surface area contributed by atoms with Crippen molar-refractivity contribution < 1.29 is 22.6 Å². The molecule has 102 valence electrons. The maximum atomic E-state index is 11.9. The molecule has 1 aromatic heterocycles. The van der Waals surface area contributed by atoms with Crippen LogP contribution in [-0.4, -0.2) is 11.3 Å². The van der Waals surface area contributed by atoms with Crippen LogP contribution in [0.25, 0.3) is 0 Å². The maximum absolute atomic E-state index is 11.9. The number of alkyl halides is 3. The molecule has 2 rings (SSSR count). The van der Waals surface area contributed by atoms with Crippen LogP contribution in [0.15, 0.2) is 29.6 Å². The Bertz CT molecular complexity index is 540. The summed E-state index contributed by atoms with van der Waals surface area (Å²) in [6.07, 6.45) is -4.69. The Morgan fingerprint density at radius 2 is 1.79 bits per heavy atom. The van der Waals surface area contributed by atoms with E-state index in [1.165, 1.54) is 35.6 Å². The fraction of sp³-hybridized carbons (Fsp3) is 0.182. The molecule has 8 heteroatoms. The maximum Gasteiger partial charge on any atom is 0.573 e. The largest absolute Gasteiger partial charge is 0.573 e. The summed E-state index contributed by atoms with van der Waals surface area (Å²) in [5.74, 6) is 0.124. The summed E-state index contributed by atoms with van der Waals surface area (Å²) in [5.41, 5.74) is 6.12. The van der Waals surface area contributed by atoms with Gasteiger partial charge in [-0.15, -0.1) is 24.5 Å². The number of thiazole rings is 1. The third-order valence-electron chi connectivity index (χ3n) is 2.01. The van der Waals surface area contributed by atoms with Crippen LogP contribution >= 0.6 is 11.3 Å². The quantitative estimate of drug-likeness (QED) is 0.939. The molecule has 4 nitrogen and oxygen atoms in total. The number of ether oxygens (including phenoxy) is 2. The van der Waals surface area contributed by atoms with Gasteiger partial charge < -0.3 is 15.2 Å². The fourth-order valence-corrected chi connectivity index (χ4v) is 1.83. The van der Waals surface area contributed by atoms with Gasteiger partial charge in [-0.1, -0.05) is 0 Å². The summed E-state index contributed by atoms with van der Waals surface area (Å²) in [6, 6.07) is 5.13. The minimum atomic E-state index is -4.69. The molecule has 2 N–H and O–H groups in total. The molecule has 0 atom stereocenters. The highest BCUT2D eigenvalue weighted by Crippen LogP contribution is 2.25. The molecule has 0 aliphatic carbocycles. The van der Waals surface area contributed by atoms with Crippen molar-refractivity contribution in [1.82, 2.24) is 4.98 Å². The highest BCUT2D eigenvalue weighted by Gasteiger charge is 2.30. The zero-order valence-electron chi connectivity index (χ0n) is 9.48. The molecular weight excluding hydrogens is 281 g/mol. The van der Waals surface area contributed by atoms with Crippen LogP contribution in [0.1, 0.15) is 5.69 Å². The first-order chi connectivity index (χ1) is 8.92. The Kier molecular flexibility index (Phi) is 3.79. The molecule has 0 radical (unpaired) electrons. The van der Waals surface area contributed by atoms with E-state index in [2.05, 4.69) is 9.72 Å². The number of anilines is 1. The molecule has 0 aliphatic rings. The number of nitrogen functional groups attached to an aromatic ring is 1. The van der Waals surface area contributed by atoms with E-state index in [-0.39, 0.29) is 12.4 Å². The third kappa shape index (κ3) is 4.32. The molecule has 0 amide bonds. The normalized spacial score (nSPS) is 11.3. The van der Waals surface area contributed by atoms with Crippen LogP contribution in [0.4, 0.5) is 18.3 Å². The van der Waals surface area contributed by atoms with Gasteiger partial charge in [-0.25, -0.2) is 4.98 Å². The highest BCUT2D eigenvalue weighted by molar-refractivity contribution is 7.13. The van der Waals surface area contributed by atoms with Crippen molar-refractivity contribution in [3.05, 3.63) is 35.3 Å². The minimum absolute atomic E-state index is 0.202. The number of nitrogens with zero attached hydrogens (tertiary/aromatic N) is 1. The van der Waals surface area contributed by atoms with Crippen LogP contribution in [-0.2, 0) is 6.61 Å². The van der Waals surface area contributed by atoms with E-state index in [1.54, 1.807) is 5.38 Å². The first-order valence-corrected chi connectivity index (χ1v) is 5.99. The van der Waals surface area contributed by atoms with E-state index in [1.807, 2.05) is 0 Å². The second-order valence-corrected chi connectivity index (χ2v) is 4.37. The number of halogens is 3. The molecule has 1 aromatic carbocycles. The van der Waals surface area contributed by atoms with E-state index in [9.17, 15) is 13.2 Å². The van der Waals surface area contributed by atoms with Crippen LogP contribution in [0.2, 0.25) is 0 Å². The fourth-order valence-electron chi connectivity index (χ4n) is 1.28. The van der Waals surface area contributed by atoms with Crippen molar-refractivity contribution in [2.45, 2.75) is 13.0 Å². The Hall–Kier alpha value is -1.96. The number of hydrogen-bond donors (Lipinski definition) is 1. The Labute approximate surface area is 110 Å². The summed E-state index contributed by atoms with van der Waals surface area (Å²) in [5, 5.41) is 2.18. The van der Waals surface area contributed by atoms with Gasteiger partial charge in [0.25, 0.3) is 0 Å². The Balaban J connectivity index is 1.91. The van der Waals surface area contributed by atoms with Crippen LogP contribution in [0.3, 0.4) is 0 Å². The first-order valence-electron chi connectivity index (χ1n) is 5.11. The van der Waals surface area contributed by atoms with Gasteiger partial charge in [0.1, 0.15) is 18.1 Å². The summed E-state index contributed by atoms with van der Waals surface area (Å²) >= 11 is 1.29. The molecule has 1 heterocycles. The lowest BCUT2D eigenvalue weighted by Gasteiger charge is -2.09. The molecule has 0 unspecified atom stereocenters. The van der Waals surface area contributed by atoms with Gasteiger partial charge in [-0.05, 0) is 24.3 Å². The highest BCUT2D eigenvalue weighted by atomic mass is 32.1. The first kappa shape index (κ1) is 13.5. The SMILES string of the molecule is Nc1nc(COc2ccc(OC(F)(F)F)cc2)cs1. The molecule has 0 fully saturated rings. The van der Waals surface area contributed by atoms with Crippen molar-refractivity contribution in [2.24, 2.45) is 0 Å². The second kappa shape index (κ2) is 5.35. The summed E-state index contributed by atoms with van der Waals surface area (Å²) in [4.78, 5) is 3.99. The zero-order valence-corrected chi connectivity index (χ0v) is 10.3. The number of rotatable bonds is 4. The molecule has 0 saturated carbocycles. The summed E-state index contributed by atoms with van der Waals surface area (Å²) in [7, 11) is 0. The van der Waals surface area contributed by atoms with Crippen LogP contribution in [0.5, 0.6) is 11.5 Å². The molecule has 0 spiro atoms. The average Bonchev–Trinajstić information content (AvgIpc) is 2.72. The van der Waals surface area contributed by atoms with Crippen molar-refractivity contribution in [3.8, 4) is 11.5 Å². The second-order valence-electron chi connectivity index (χ2n) is 3.48. The lowest BCUT2D eigenvalue weighted by molar-refractivity contribution is -0.274. The van der Waals surface area contributed by atoms with E-state index < -0.39 is 6.36 Å². The molecule has 19 heavy (non-hydrogen) atoms. The number of hydrogen-bond acceptors (Lipinski definition) is 5. The molecule has 0 bridgehead atoms. The van der Waals surface area contributed by atoms with Crippen molar-refractivity contribution >= 4 is 16.5 Å². The van der Waals surface area contributed by atoms with Crippen molar-refractivity contribution in [1.29, 1.82) is 0 Å². The smallest absolute Gasteiger partial charge is 0.487 e. The van der Waals surface area contributed by atoms with Crippen LogP contribution < -0.4 is 15.2 Å². The Morgan fingerprint density at radius 3 is 2.32 bits per heavy atom. The molecule has 2 aromatic rings. The average molecular weight is 290 g/mol. The monoisotopic (exact) mass is 290 g/mol. The zero-order chi connectivity index (χ0) is 13.9. The van der Waals surface area contributed by atoms with E-state index in [0.29, 0.717) is 16.6 Å². The number of benzene rings is 1. The van der Waals surface area contributed by atoms with Gasteiger partial charge in [0.05, 0.1) is 5.69 Å². The number of aromatic nitrogens is 1. The predicted molar refractivity (Wildman–Crippen MR) is 64.0 cm³/mol. The van der Waals surface area contributed by atoms with Crippen LogP contribution in [0, 0.1) is 0 Å². The van der Waals surface area contributed by atoms with E-state index >= 15 is 0 Å². The molecular formula is C11H9F3N2O2S. The summed E-state index contributed by atoms with van der Waals surface area (Å²) in [6.45, 7) is 0.202. The third-order valence-corrected chi connectivity index (χ3v) is 2.74. The van der Waals surface area contributed by atoms with E-state index in [4.69, 9.17) is 10.5 Å². The van der Waals surface area contributed by atoms with Gasteiger partial charge in [-0.3, -0.25) is 0 Å². The lowest BCUT2D eigenvalue weighted by Crippen LogP contribution is -2.16. The number of nitrogens with two attached hydrogens (primary N) is 1.